The molecule has 160 valence electrons. The van der Waals surface area contributed by atoms with Gasteiger partial charge in [-0.3, -0.25) is 14.5 Å². The Morgan fingerprint density at radius 2 is 2.14 bits per heavy atom. The SMILES string of the molecule is CN(CC1CC1)[C@@H](CN)C(=O)Nc1ccc(N2CCOCC2=O)c(C(F)(F)F)c1. The van der Waals surface area contributed by atoms with Gasteiger partial charge in [0, 0.05) is 25.3 Å². The molecule has 3 rings (SSSR count). The highest BCUT2D eigenvalue weighted by molar-refractivity contribution is 5.98. The predicted octanol–water partition coefficient (Wildman–Crippen LogP) is 1.68. The van der Waals surface area contributed by atoms with Gasteiger partial charge in [-0.05, 0) is 44.0 Å². The highest BCUT2D eigenvalue weighted by Gasteiger charge is 2.37. The quantitative estimate of drug-likeness (QED) is 0.709. The number of nitrogens with zero attached hydrogens (tertiary/aromatic N) is 2. The second kappa shape index (κ2) is 8.68. The molecule has 2 aliphatic rings. The number of rotatable bonds is 7. The predicted molar refractivity (Wildman–Crippen MR) is 101 cm³/mol. The van der Waals surface area contributed by atoms with Gasteiger partial charge in [-0.1, -0.05) is 0 Å². The molecule has 0 radical (unpaired) electrons. The number of ether oxygens (including phenoxy) is 1. The van der Waals surface area contributed by atoms with E-state index in [1.807, 2.05) is 4.90 Å². The van der Waals surface area contributed by atoms with Gasteiger partial charge >= 0.3 is 6.18 Å². The van der Waals surface area contributed by atoms with Crippen molar-refractivity contribution in [2.45, 2.75) is 25.1 Å². The summed E-state index contributed by atoms with van der Waals surface area (Å²) in [5.41, 5.74) is 4.50. The average Bonchev–Trinajstić information content (AvgIpc) is 3.46. The Morgan fingerprint density at radius 3 is 2.72 bits per heavy atom. The molecule has 1 aromatic rings. The highest BCUT2D eigenvalue weighted by atomic mass is 19.4. The average molecular weight is 414 g/mol. The lowest BCUT2D eigenvalue weighted by molar-refractivity contribution is -0.137. The van der Waals surface area contributed by atoms with Gasteiger partial charge in [0.1, 0.15) is 12.6 Å². The minimum Gasteiger partial charge on any atom is -0.370 e. The van der Waals surface area contributed by atoms with Crippen LogP contribution < -0.4 is 16.0 Å². The van der Waals surface area contributed by atoms with Crippen molar-refractivity contribution in [3.63, 3.8) is 0 Å². The molecule has 3 N–H and O–H groups in total. The van der Waals surface area contributed by atoms with Gasteiger partial charge in [0.2, 0.25) is 5.91 Å². The largest absolute Gasteiger partial charge is 0.418 e. The Balaban J connectivity index is 1.80. The number of anilines is 2. The lowest BCUT2D eigenvalue weighted by Gasteiger charge is -2.30. The summed E-state index contributed by atoms with van der Waals surface area (Å²) in [6.45, 7) is 0.714. The van der Waals surface area contributed by atoms with E-state index < -0.39 is 29.6 Å². The number of amides is 2. The molecule has 0 bridgehead atoms. The van der Waals surface area contributed by atoms with Crippen molar-refractivity contribution in [2.75, 3.05) is 50.1 Å². The van der Waals surface area contributed by atoms with Gasteiger partial charge in [-0.15, -0.1) is 0 Å². The van der Waals surface area contributed by atoms with Gasteiger partial charge in [0.25, 0.3) is 5.91 Å². The van der Waals surface area contributed by atoms with Crippen LogP contribution in [0, 0.1) is 5.92 Å². The third kappa shape index (κ3) is 5.26. The van der Waals surface area contributed by atoms with Crippen LogP contribution in [0.1, 0.15) is 18.4 Å². The summed E-state index contributed by atoms with van der Waals surface area (Å²) in [6.07, 6.45) is -2.47. The number of benzene rings is 1. The summed E-state index contributed by atoms with van der Waals surface area (Å²) in [5, 5.41) is 2.53. The summed E-state index contributed by atoms with van der Waals surface area (Å²) in [7, 11) is 1.78. The molecular formula is C19H25F3N4O3. The van der Waals surface area contributed by atoms with Crippen LogP contribution in [0.3, 0.4) is 0 Å². The number of hydrogen-bond acceptors (Lipinski definition) is 5. The Morgan fingerprint density at radius 1 is 1.41 bits per heavy atom. The number of carbonyl (C=O) groups is 2. The fraction of sp³-hybridized carbons (Fsp3) is 0.579. The first-order valence-corrected chi connectivity index (χ1v) is 9.51. The molecular weight excluding hydrogens is 389 g/mol. The molecule has 7 nitrogen and oxygen atoms in total. The first-order chi connectivity index (χ1) is 13.7. The Kier molecular flexibility index (Phi) is 6.45. The van der Waals surface area contributed by atoms with Crippen molar-refractivity contribution in [3.05, 3.63) is 23.8 Å². The lowest BCUT2D eigenvalue weighted by atomic mass is 10.1. The van der Waals surface area contributed by atoms with Crippen LogP contribution in [-0.2, 0) is 20.5 Å². The third-order valence-electron chi connectivity index (χ3n) is 5.15. The molecule has 0 aromatic heterocycles. The minimum atomic E-state index is -4.69. The molecule has 0 spiro atoms. The standard InChI is InChI=1S/C19H25F3N4O3/c1-25(10-12-2-3-12)16(9-23)18(28)24-13-4-5-15(14(8-13)19(20,21)22)26-6-7-29-11-17(26)27/h4-5,8,12,16H,2-3,6-7,9-11,23H2,1H3,(H,24,28)/t16-/m0/s1. The van der Waals surface area contributed by atoms with Crippen molar-refractivity contribution in [1.82, 2.24) is 4.90 Å². The van der Waals surface area contributed by atoms with Crippen molar-refractivity contribution in [2.24, 2.45) is 11.7 Å². The van der Waals surface area contributed by atoms with E-state index in [-0.39, 0.29) is 37.7 Å². The second-order valence-electron chi connectivity index (χ2n) is 7.45. The van der Waals surface area contributed by atoms with Crippen LogP contribution in [0.2, 0.25) is 0 Å². The van der Waals surface area contributed by atoms with Crippen molar-refractivity contribution < 1.29 is 27.5 Å². The molecule has 1 heterocycles. The van der Waals surface area contributed by atoms with Crippen molar-refractivity contribution >= 4 is 23.2 Å². The van der Waals surface area contributed by atoms with E-state index in [0.717, 1.165) is 30.4 Å². The van der Waals surface area contributed by atoms with E-state index in [1.165, 1.54) is 12.1 Å². The molecule has 10 heteroatoms. The maximum atomic E-state index is 13.6. The minimum absolute atomic E-state index is 0.00468. The topological polar surface area (TPSA) is 87.9 Å². The molecule has 1 aliphatic carbocycles. The van der Waals surface area contributed by atoms with E-state index >= 15 is 0 Å². The maximum absolute atomic E-state index is 13.6. The molecule has 1 atom stereocenters. The Bertz CT molecular complexity index is 768. The molecule has 0 unspecified atom stereocenters. The van der Waals surface area contributed by atoms with Crippen molar-refractivity contribution in [1.29, 1.82) is 0 Å². The second-order valence-corrected chi connectivity index (χ2v) is 7.45. The third-order valence-corrected chi connectivity index (χ3v) is 5.15. The molecule has 1 saturated carbocycles. The number of likely N-dealkylation sites (N-methyl/N-ethyl adjacent to an activating group) is 1. The number of nitrogens with two attached hydrogens (primary N) is 1. The van der Waals surface area contributed by atoms with Crippen LogP contribution in [0.15, 0.2) is 18.2 Å². The normalized spacial score (nSPS) is 18.8. The monoisotopic (exact) mass is 414 g/mol. The Labute approximate surface area is 167 Å². The summed E-state index contributed by atoms with van der Waals surface area (Å²) in [4.78, 5) is 27.5. The first kappa shape index (κ1) is 21.5. The smallest absolute Gasteiger partial charge is 0.370 e. The number of morpholine rings is 1. The number of hydrogen-bond donors (Lipinski definition) is 2. The molecule has 29 heavy (non-hydrogen) atoms. The van der Waals surface area contributed by atoms with Gasteiger partial charge in [0.15, 0.2) is 0 Å². The zero-order chi connectivity index (χ0) is 21.2. The van der Waals surface area contributed by atoms with E-state index in [9.17, 15) is 22.8 Å². The van der Waals surface area contributed by atoms with Gasteiger partial charge in [-0.25, -0.2) is 0 Å². The molecule has 2 amide bonds. The van der Waals surface area contributed by atoms with Crippen LogP contribution >= 0.6 is 0 Å². The van der Waals surface area contributed by atoms with Gasteiger partial charge in [-0.2, -0.15) is 13.2 Å². The van der Waals surface area contributed by atoms with Crippen LogP contribution in [0.25, 0.3) is 0 Å². The van der Waals surface area contributed by atoms with Crippen LogP contribution in [0.4, 0.5) is 24.5 Å². The summed E-state index contributed by atoms with van der Waals surface area (Å²) >= 11 is 0. The molecule has 1 aromatic carbocycles. The van der Waals surface area contributed by atoms with Crippen LogP contribution in [0.5, 0.6) is 0 Å². The van der Waals surface area contributed by atoms with Gasteiger partial charge in [0.05, 0.1) is 17.9 Å². The number of alkyl halides is 3. The fourth-order valence-corrected chi connectivity index (χ4v) is 3.40. The molecule has 1 saturated heterocycles. The number of carbonyl (C=O) groups excluding carboxylic acids is 2. The summed E-state index contributed by atoms with van der Waals surface area (Å²) < 4.78 is 45.9. The Hall–Kier alpha value is -2.17. The summed E-state index contributed by atoms with van der Waals surface area (Å²) in [6, 6.07) is 2.78. The van der Waals surface area contributed by atoms with E-state index in [4.69, 9.17) is 10.5 Å². The van der Waals surface area contributed by atoms with Crippen molar-refractivity contribution in [3.8, 4) is 0 Å². The fourth-order valence-electron chi connectivity index (χ4n) is 3.40. The zero-order valence-electron chi connectivity index (χ0n) is 16.2. The summed E-state index contributed by atoms with van der Waals surface area (Å²) in [5.74, 6) is -0.452. The van der Waals surface area contributed by atoms with Gasteiger partial charge < -0.3 is 20.7 Å². The lowest BCUT2D eigenvalue weighted by Crippen LogP contribution is -2.47. The number of halogens is 3. The zero-order valence-corrected chi connectivity index (χ0v) is 16.2. The highest BCUT2D eigenvalue weighted by Crippen LogP contribution is 2.39. The van der Waals surface area contributed by atoms with E-state index in [0.29, 0.717) is 5.92 Å². The first-order valence-electron chi connectivity index (χ1n) is 9.51. The maximum Gasteiger partial charge on any atom is 0.418 e. The number of nitrogens with one attached hydrogen (secondary N) is 1. The molecule has 1 aliphatic heterocycles. The molecule has 2 fully saturated rings. The van der Waals surface area contributed by atoms with E-state index in [1.54, 1.807) is 7.05 Å². The van der Waals surface area contributed by atoms with E-state index in [2.05, 4.69) is 5.32 Å². The van der Waals surface area contributed by atoms with Crippen LogP contribution in [-0.4, -0.2) is 62.7 Å².